The monoisotopic (exact) mass is 294 g/mol. The molecule has 0 saturated heterocycles. The first-order chi connectivity index (χ1) is 9.07. The van der Waals surface area contributed by atoms with Gasteiger partial charge >= 0.3 is 0 Å². The summed E-state index contributed by atoms with van der Waals surface area (Å²) in [6, 6.07) is 0. The van der Waals surface area contributed by atoms with Crippen molar-refractivity contribution in [3.05, 3.63) is 11.6 Å². The van der Waals surface area contributed by atoms with Gasteiger partial charge in [-0.25, -0.2) is 0 Å². The van der Waals surface area contributed by atoms with E-state index in [2.05, 4.69) is 46.5 Å². The van der Waals surface area contributed by atoms with Crippen LogP contribution in [0.1, 0.15) is 52.9 Å². The average Bonchev–Trinajstić information content (AvgIpc) is 2.25. The number of fused-ring (bicyclic) bond motifs is 1. The van der Waals surface area contributed by atoms with Crippen molar-refractivity contribution in [1.29, 1.82) is 0 Å². The first kappa shape index (κ1) is 15.8. The minimum Gasteiger partial charge on any atom is -0.519 e. The van der Waals surface area contributed by atoms with Crippen LogP contribution in [0.25, 0.3) is 0 Å². The summed E-state index contributed by atoms with van der Waals surface area (Å²) < 4.78 is 5.88. The Morgan fingerprint density at radius 2 is 1.95 bits per heavy atom. The summed E-state index contributed by atoms with van der Waals surface area (Å²) in [6.45, 7) is 13.0. The number of allylic oxidation sites excluding steroid dienone is 2. The zero-order valence-electron chi connectivity index (χ0n) is 14.0. The smallest absolute Gasteiger partial charge is 0.298 e. The lowest BCUT2D eigenvalue weighted by molar-refractivity contribution is -0.156. The van der Waals surface area contributed by atoms with Crippen LogP contribution in [0.4, 0.5) is 0 Å². The summed E-state index contributed by atoms with van der Waals surface area (Å²) in [5.74, 6) is 0.511. The molecule has 0 aromatic heterocycles. The van der Waals surface area contributed by atoms with Crippen molar-refractivity contribution >= 4 is 14.3 Å². The van der Waals surface area contributed by atoms with E-state index in [-0.39, 0.29) is 16.8 Å². The van der Waals surface area contributed by atoms with Crippen molar-refractivity contribution in [3.8, 4) is 0 Å². The van der Waals surface area contributed by atoms with E-state index in [9.17, 15) is 4.79 Å². The van der Waals surface area contributed by atoms with Crippen LogP contribution in [0.3, 0.4) is 0 Å². The van der Waals surface area contributed by atoms with Gasteiger partial charge in [-0.2, -0.15) is 0 Å². The van der Waals surface area contributed by atoms with Crippen LogP contribution in [0.5, 0.6) is 0 Å². The first-order valence-electron chi connectivity index (χ1n) is 7.99. The van der Waals surface area contributed by atoms with E-state index in [1.54, 1.807) is 0 Å². The van der Waals surface area contributed by atoms with E-state index in [0.717, 1.165) is 25.7 Å². The maximum Gasteiger partial charge on any atom is 0.298 e. The Hall–Kier alpha value is -0.573. The average molecular weight is 295 g/mol. The molecule has 0 spiro atoms. The molecule has 3 atom stereocenters. The molecule has 0 bridgehead atoms. The van der Waals surface area contributed by atoms with Gasteiger partial charge in [0.15, 0.2) is 0 Å². The van der Waals surface area contributed by atoms with Crippen LogP contribution in [-0.2, 0) is 9.22 Å². The third-order valence-corrected chi connectivity index (χ3v) is 6.04. The molecule has 114 valence electrons. The second-order valence-corrected chi connectivity index (χ2v) is 12.8. The maximum atomic E-state index is 12.8. The van der Waals surface area contributed by atoms with Crippen molar-refractivity contribution in [2.75, 3.05) is 0 Å². The summed E-state index contributed by atoms with van der Waals surface area (Å²) in [7, 11) is -1.81. The summed E-state index contributed by atoms with van der Waals surface area (Å²) in [6.07, 6.45) is 8.05. The van der Waals surface area contributed by atoms with Gasteiger partial charge in [0, 0.05) is 0 Å². The zero-order valence-corrected chi connectivity index (χ0v) is 15.0. The molecule has 0 heterocycles. The summed E-state index contributed by atoms with van der Waals surface area (Å²) in [5.41, 5.74) is 1.39. The fourth-order valence-corrected chi connectivity index (χ4v) is 5.17. The molecule has 0 N–H and O–H groups in total. The highest BCUT2D eigenvalue weighted by Gasteiger charge is 2.53. The highest BCUT2D eigenvalue weighted by Crippen LogP contribution is 2.57. The Morgan fingerprint density at radius 3 is 2.55 bits per heavy atom. The molecule has 1 unspecified atom stereocenters. The van der Waals surface area contributed by atoms with Crippen molar-refractivity contribution < 1.29 is 9.22 Å². The normalized spacial score (nSPS) is 37.9. The molecule has 0 aliphatic heterocycles. The lowest BCUT2D eigenvalue weighted by Gasteiger charge is -2.52. The van der Waals surface area contributed by atoms with E-state index >= 15 is 0 Å². The van der Waals surface area contributed by atoms with Gasteiger partial charge in [0.1, 0.15) is 0 Å². The minimum atomic E-state index is -1.81. The van der Waals surface area contributed by atoms with E-state index in [1.165, 1.54) is 12.0 Å². The molecule has 0 amide bonds. The summed E-state index contributed by atoms with van der Waals surface area (Å²) >= 11 is 0. The topological polar surface area (TPSA) is 26.3 Å². The third kappa shape index (κ3) is 2.88. The second kappa shape index (κ2) is 5.01. The number of hydrogen-bond donors (Lipinski definition) is 0. The van der Waals surface area contributed by atoms with Crippen LogP contribution in [-0.4, -0.2) is 14.3 Å². The van der Waals surface area contributed by atoms with Crippen molar-refractivity contribution in [2.45, 2.75) is 72.5 Å². The van der Waals surface area contributed by atoms with E-state index in [1.807, 2.05) is 0 Å². The van der Waals surface area contributed by atoms with Gasteiger partial charge in [0.25, 0.3) is 5.97 Å². The van der Waals surface area contributed by atoms with E-state index in [4.69, 9.17) is 4.43 Å². The van der Waals surface area contributed by atoms with Crippen molar-refractivity contribution in [1.82, 2.24) is 0 Å². The van der Waals surface area contributed by atoms with E-state index in [0.29, 0.717) is 5.92 Å². The molecule has 0 aromatic carbocycles. The van der Waals surface area contributed by atoms with Gasteiger partial charge in [-0.1, -0.05) is 25.0 Å². The van der Waals surface area contributed by atoms with Crippen LogP contribution >= 0.6 is 0 Å². The quantitative estimate of drug-likeness (QED) is 0.534. The standard InChI is InChI=1S/C17H30O2Si/c1-13-8-9-14-16(2,12-13)10-7-11-17(14,3)15(18)19-20(4,5)6/h12,14H,7-11H2,1-6H3/t14?,16-,17+/m1/s1. The van der Waals surface area contributed by atoms with E-state index < -0.39 is 8.32 Å². The molecular weight excluding hydrogens is 264 g/mol. The highest BCUT2D eigenvalue weighted by atomic mass is 28.4. The lowest BCUT2D eigenvalue weighted by atomic mass is 9.52. The van der Waals surface area contributed by atoms with Gasteiger partial charge in [0.2, 0.25) is 8.32 Å². The molecule has 2 nitrogen and oxygen atoms in total. The Kier molecular flexibility index (Phi) is 3.96. The Morgan fingerprint density at radius 1 is 1.30 bits per heavy atom. The van der Waals surface area contributed by atoms with Gasteiger partial charge < -0.3 is 4.43 Å². The summed E-state index contributed by atoms with van der Waals surface area (Å²) in [4.78, 5) is 12.8. The predicted octanol–water partition coefficient (Wildman–Crippen LogP) is 4.92. The Balaban J connectivity index is 2.29. The molecule has 2 rings (SSSR count). The van der Waals surface area contributed by atoms with Crippen LogP contribution in [0, 0.1) is 16.7 Å². The molecular formula is C17H30O2Si. The van der Waals surface area contributed by atoms with Crippen LogP contribution in [0.15, 0.2) is 11.6 Å². The van der Waals surface area contributed by atoms with Crippen LogP contribution < -0.4 is 0 Å². The van der Waals surface area contributed by atoms with Gasteiger partial charge in [-0.3, -0.25) is 4.79 Å². The third-order valence-electron chi connectivity index (χ3n) is 5.25. The zero-order chi connectivity index (χ0) is 15.2. The fourth-order valence-electron chi connectivity index (χ4n) is 4.38. The number of carbonyl (C=O) groups is 1. The molecule has 3 heteroatoms. The lowest BCUT2D eigenvalue weighted by Crippen LogP contribution is -2.51. The molecule has 2 aliphatic rings. The largest absolute Gasteiger partial charge is 0.519 e. The first-order valence-corrected chi connectivity index (χ1v) is 11.4. The minimum absolute atomic E-state index is 0.0699. The Labute approximate surface area is 125 Å². The number of rotatable bonds is 2. The predicted molar refractivity (Wildman–Crippen MR) is 86.0 cm³/mol. The van der Waals surface area contributed by atoms with Gasteiger partial charge in [0.05, 0.1) is 5.41 Å². The van der Waals surface area contributed by atoms with Crippen molar-refractivity contribution in [2.24, 2.45) is 16.7 Å². The highest BCUT2D eigenvalue weighted by molar-refractivity contribution is 6.71. The Bertz CT molecular complexity index is 435. The molecule has 2 aliphatic carbocycles. The molecule has 0 aromatic rings. The number of carbonyl (C=O) groups excluding carboxylic acids is 1. The maximum absolute atomic E-state index is 12.8. The molecule has 20 heavy (non-hydrogen) atoms. The van der Waals surface area contributed by atoms with Gasteiger partial charge in [-0.15, -0.1) is 0 Å². The summed E-state index contributed by atoms with van der Waals surface area (Å²) in [5, 5.41) is 0. The molecule has 1 saturated carbocycles. The number of hydrogen-bond acceptors (Lipinski definition) is 2. The second-order valence-electron chi connectivity index (χ2n) is 8.36. The SMILES string of the molecule is CC1=C[C@@]2(C)CCC[C@](C)(C(=O)O[Si](C)(C)C)C2CC1. The fraction of sp³-hybridized carbons (Fsp3) is 0.824. The van der Waals surface area contributed by atoms with Crippen LogP contribution in [0.2, 0.25) is 19.6 Å². The molecule has 1 fully saturated rings. The van der Waals surface area contributed by atoms with Crippen molar-refractivity contribution in [3.63, 3.8) is 0 Å². The van der Waals surface area contributed by atoms with Gasteiger partial charge in [-0.05, 0) is 70.5 Å². The molecule has 0 radical (unpaired) electrons.